The highest BCUT2D eigenvalue weighted by atomic mass is 16.7. The highest BCUT2D eigenvalue weighted by Gasteiger charge is 2.18. The Hall–Kier alpha value is -0.340. The van der Waals surface area contributed by atoms with Crippen molar-refractivity contribution in [3.05, 3.63) is 12.7 Å². The predicted octanol–water partition coefficient (Wildman–Crippen LogP) is 1.71. The molecule has 0 bridgehead atoms. The molecular formula is C8H14O2. The van der Waals surface area contributed by atoms with E-state index in [-0.39, 0.29) is 12.4 Å². The molecule has 2 atom stereocenters. The van der Waals surface area contributed by atoms with Crippen molar-refractivity contribution in [2.45, 2.75) is 31.7 Å². The van der Waals surface area contributed by atoms with E-state index < -0.39 is 0 Å². The molecule has 0 aromatic heterocycles. The zero-order chi connectivity index (χ0) is 7.40. The molecular weight excluding hydrogens is 128 g/mol. The Morgan fingerprint density at radius 1 is 1.60 bits per heavy atom. The molecule has 0 aromatic rings. The van der Waals surface area contributed by atoms with Gasteiger partial charge in [-0.3, -0.25) is 0 Å². The highest BCUT2D eigenvalue weighted by molar-refractivity contribution is 4.82. The zero-order valence-electron chi connectivity index (χ0n) is 6.38. The summed E-state index contributed by atoms with van der Waals surface area (Å²) in [6, 6.07) is 0. The molecule has 0 radical (unpaired) electrons. The maximum Gasteiger partial charge on any atom is 0.158 e. The third-order valence-electron chi connectivity index (χ3n) is 1.78. The summed E-state index contributed by atoms with van der Waals surface area (Å²) in [5.74, 6) is 0. The van der Waals surface area contributed by atoms with Gasteiger partial charge in [0.05, 0.1) is 6.10 Å². The van der Waals surface area contributed by atoms with Gasteiger partial charge in [-0.05, 0) is 19.3 Å². The molecule has 2 nitrogen and oxygen atoms in total. The predicted molar refractivity (Wildman–Crippen MR) is 39.7 cm³/mol. The van der Waals surface area contributed by atoms with Gasteiger partial charge in [0.1, 0.15) is 0 Å². The minimum absolute atomic E-state index is 0.00301. The molecule has 1 aliphatic rings. The fourth-order valence-corrected chi connectivity index (χ4v) is 1.16. The largest absolute Gasteiger partial charge is 0.356 e. The van der Waals surface area contributed by atoms with Gasteiger partial charge in [-0.2, -0.15) is 0 Å². The fraction of sp³-hybridized carbons (Fsp3) is 0.750. The summed E-state index contributed by atoms with van der Waals surface area (Å²) >= 11 is 0. The molecule has 2 unspecified atom stereocenters. The average Bonchev–Trinajstić information content (AvgIpc) is 2.05. The number of methoxy groups -OCH3 is 1. The van der Waals surface area contributed by atoms with E-state index in [1.54, 1.807) is 7.11 Å². The standard InChI is InChI=1S/C8H14O2/c1-3-7-5-4-6-8(9-2)10-7/h3,7-8H,1,4-6H2,2H3. The first-order chi connectivity index (χ1) is 4.86. The fourth-order valence-electron chi connectivity index (χ4n) is 1.16. The average molecular weight is 142 g/mol. The first kappa shape index (κ1) is 7.76. The first-order valence-electron chi connectivity index (χ1n) is 3.67. The van der Waals surface area contributed by atoms with Gasteiger partial charge < -0.3 is 9.47 Å². The molecule has 0 aliphatic carbocycles. The van der Waals surface area contributed by atoms with Gasteiger partial charge in [0, 0.05) is 7.11 Å². The zero-order valence-corrected chi connectivity index (χ0v) is 6.38. The minimum atomic E-state index is -0.00301. The lowest BCUT2D eigenvalue weighted by molar-refractivity contribution is -0.166. The van der Waals surface area contributed by atoms with E-state index in [1.165, 1.54) is 6.42 Å². The molecule has 0 aromatic carbocycles. The van der Waals surface area contributed by atoms with Crippen LogP contribution < -0.4 is 0 Å². The summed E-state index contributed by atoms with van der Waals surface area (Å²) in [6.45, 7) is 3.67. The van der Waals surface area contributed by atoms with Crippen LogP contribution in [0.4, 0.5) is 0 Å². The van der Waals surface area contributed by atoms with Crippen LogP contribution >= 0.6 is 0 Å². The van der Waals surface area contributed by atoms with Crippen LogP contribution in [0.25, 0.3) is 0 Å². The Labute approximate surface area is 61.8 Å². The third kappa shape index (κ3) is 1.82. The van der Waals surface area contributed by atoms with Crippen molar-refractivity contribution in [3.63, 3.8) is 0 Å². The number of hydrogen-bond acceptors (Lipinski definition) is 2. The topological polar surface area (TPSA) is 18.5 Å². The Morgan fingerprint density at radius 2 is 2.40 bits per heavy atom. The van der Waals surface area contributed by atoms with Crippen LogP contribution in [-0.4, -0.2) is 19.5 Å². The summed E-state index contributed by atoms with van der Waals surface area (Å²) in [4.78, 5) is 0. The van der Waals surface area contributed by atoms with Gasteiger partial charge in [0.15, 0.2) is 6.29 Å². The number of ether oxygens (including phenoxy) is 2. The maximum atomic E-state index is 5.44. The molecule has 1 saturated heterocycles. The van der Waals surface area contributed by atoms with Crippen LogP contribution in [-0.2, 0) is 9.47 Å². The SMILES string of the molecule is C=CC1CCCC(OC)O1. The van der Waals surface area contributed by atoms with Gasteiger partial charge in [0.2, 0.25) is 0 Å². The minimum Gasteiger partial charge on any atom is -0.356 e. The smallest absolute Gasteiger partial charge is 0.158 e. The quantitative estimate of drug-likeness (QED) is 0.546. The van der Waals surface area contributed by atoms with Crippen molar-refractivity contribution in [2.24, 2.45) is 0 Å². The first-order valence-corrected chi connectivity index (χ1v) is 3.67. The van der Waals surface area contributed by atoms with E-state index in [0.29, 0.717) is 0 Å². The van der Waals surface area contributed by atoms with Crippen LogP contribution in [0.1, 0.15) is 19.3 Å². The van der Waals surface area contributed by atoms with Crippen LogP contribution in [0.15, 0.2) is 12.7 Å². The molecule has 1 aliphatic heterocycles. The normalized spacial score (nSPS) is 33.7. The second-order valence-electron chi connectivity index (χ2n) is 2.51. The van der Waals surface area contributed by atoms with Crippen molar-refractivity contribution in [2.75, 3.05) is 7.11 Å². The van der Waals surface area contributed by atoms with Crippen molar-refractivity contribution in [3.8, 4) is 0 Å². The van der Waals surface area contributed by atoms with Crippen LogP contribution in [0, 0.1) is 0 Å². The molecule has 1 fully saturated rings. The monoisotopic (exact) mass is 142 g/mol. The van der Waals surface area contributed by atoms with Crippen molar-refractivity contribution in [1.82, 2.24) is 0 Å². The molecule has 0 spiro atoms. The van der Waals surface area contributed by atoms with E-state index in [2.05, 4.69) is 6.58 Å². The van der Waals surface area contributed by atoms with Gasteiger partial charge in [-0.25, -0.2) is 0 Å². The van der Waals surface area contributed by atoms with Crippen LogP contribution in [0.3, 0.4) is 0 Å². The lowest BCUT2D eigenvalue weighted by Crippen LogP contribution is -2.27. The van der Waals surface area contributed by atoms with E-state index in [1.807, 2.05) is 6.08 Å². The van der Waals surface area contributed by atoms with Gasteiger partial charge in [0.25, 0.3) is 0 Å². The number of rotatable bonds is 2. The summed E-state index contributed by atoms with van der Waals surface area (Å²) in [5, 5.41) is 0. The molecule has 0 saturated carbocycles. The molecule has 0 amide bonds. The third-order valence-corrected chi connectivity index (χ3v) is 1.78. The summed E-state index contributed by atoms with van der Waals surface area (Å²) < 4.78 is 10.5. The van der Waals surface area contributed by atoms with E-state index >= 15 is 0 Å². The second-order valence-corrected chi connectivity index (χ2v) is 2.51. The summed E-state index contributed by atoms with van der Waals surface area (Å²) in [5.41, 5.74) is 0. The Balaban J connectivity index is 2.31. The highest BCUT2D eigenvalue weighted by Crippen LogP contribution is 2.19. The van der Waals surface area contributed by atoms with E-state index in [4.69, 9.17) is 9.47 Å². The van der Waals surface area contributed by atoms with E-state index in [9.17, 15) is 0 Å². The molecule has 1 heterocycles. The lowest BCUT2D eigenvalue weighted by Gasteiger charge is -2.26. The van der Waals surface area contributed by atoms with Crippen LogP contribution in [0.2, 0.25) is 0 Å². The summed E-state index contributed by atoms with van der Waals surface area (Å²) in [7, 11) is 1.68. The summed E-state index contributed by atoms with van der Waals surface area (Å²) in [6.07, 6.45) is 5.32. The molecule has 1 rings (SSSR count). The van der Waals surface area contributed by atoms with Crippen molar-refractivity contribution < 1.29 is 9.47 Å². The van der Waals surface area contributed by atoms with Gasteiger partial charge >= 0.3 is 0 Å². The lowest BCUT2D eigenvalue weighted by atomic mass is 10.1. The molecule has 0 N–H and O–H groups in total. The number of hydrogen-bond donors (Lipinski definition) is 0. The van der Waals surface area contributed by atoms with Crippen LogP contribution in [0.5, 0.6) is 0 Å². The Kier molecular flexibility index (Phi) is 2.90. The Bertz CT molecular complexity index is 112. The maximum absolute atomic E-state index is 5.44. The second kappa shape index (κ2) is 3.74. The van der Waals surface area contributed by atoms with Crippen molar-refractivity contribution >= 4 is 0 Å². The Morgan fingerprint density at radius 3 is 3.00 bits per heavy atom. The van der Waals surface area contributed by atoms with E-state index in [0.717, 1.165) is 12.8 Å². The van der Waals surface area contributed by atoms with Gasteiger partial charge in [-0.1, -0.05) is 6.08 Å². The van der Waals surface area contributed by atoms with Crippen molar-refractivity contribution in [1.29, 1.82) is 0 Å². The molecule has 10 heavy (non-hydrogen) atoms. The van der Waals surface area contributed by atoms with Gasteiger partial charge in [-0.15, -0.1) is 6.58 Å². The molecule has 58 valence electrons. The molecule has 2 heteroatoms.